The molecule has 0 aliphatic heterocycles. The van der Waals surface area contributed by atoms with E-state index in [1.807, 2.05) is 5.32 Å². The normalized spacial score (nSPS) is 12.0. The zero-order valence-electron chi connectivity index (χ0n) is 15.7. The summed E-state index contributed by atoms with van der Waals surface area (Å²) < 4.78 is 78.1. The van der Waals surface area contributed by atoms with E-state index in [2.05, 4.69) is 5.32 Å². The van der Waals surface area contributed by atoms with Crippen molar-refractivity contribution in [2.75, 3.05) is 5.32 Å². The highest BCUT2D eigenvalue weighted by Gasteiger charge is 2.37. The highest BCUT2D eigenvalue weighted by molar-refractivity contribution is 7.20. The van der Waals surface area contributed by atoms with Gasteiger partial charge in [0, 0.05) is 16.9 Å². The van der Waals surface area contributed by atoms with Crippen LogP contribution in [0.25, 0.3) is 10.1 Å². The van der Waals surface area contributed by atoms with Gasteiger partial charge >= 0.3 is 18.4 Å². The van der Waals surface area contributed by atoms with E-state index in [1.54, 1.807) is 24.3 Å². The van der Waals surface area contributed by atoms with E-state index in [0.29, 0.717) is 27.8 Å². The molecule has 0 saturated carbocycles. The van der Waals surface area contributed by atoms with Crippen molar-refractivity contribution in [3.8, 4) is 0 Å². The summed E-state index contributed by atoms with van der Waals surface area (Å²) in [6.07, 6.45) is -10.1. The van der Waals surface area contributed by atoms with Gasteiger partial charge in [0.25, 0.3) is 5.91 Å². The van der Waals surface area contributed by atoms with Crippen LogP contribution in [0.3, 0.4) is 0 Å². The number of urea groups is 1. The van der Waals surface area contributed by atoms with Gasteiger partial charge < -0.3 is 10.6 Å². The van der Waals surface area contributed by atoms with Gasteiger partial charge in [0.1, 0.15) is 0 Å². The number of rotatable bonds is 4. The molecule has 0 radical (unpaired) electrons. The molecule has 1 heterocycles. The fraction of sp³-hybridized carbons (Fsp3) is 0.158. The fourth-order valence-corrected chi connectivity index (χ4v) is 3.75. The minimum atomic E-state index is -5.03. The molecular formula is C19H13F6N3O3S. The summed E-state index contributed by atoms with van der Waals surface area (Å²) in [5.74, 6) is -0.690. The standard InChI is InChI=1S/C19H13F6N3O3S/c20-18(21,22)11-5-12(19(23,24)25)7-13(6-11)27-17(30)26-8-9-1-2-10-4-15(16(29)28-31)32-14(10)3-9/h1-7,31H,8H2,(H,28,29)(H2,26,27,30). The van der Waals surface area contributed by atoms with Crippen LogP contribution in [-0.2, 0) is 18.9 Å². The molecule has 0 fully saturated rings. The Morgan fingerprint density at radius 2 is 1.53 bits per heavy atom. The van der Waals surface area contributed by atoms with Crippen molar-refractivity contribution in [3.63, 3.8) is 0 Å². The number of carbonyl (C=O) groups is 2. The second-order valence-corrected chi connectivity index (χ2v) is 7.61. The molecule has 0 saturated heterocycles. The minimum Gasteiger partial charge on any atom is -0.334 e. The molecule has 13 heteroatoms. The van der Waals surface area contributed by atoms with Gasteiger partial charge in [0.05, 0.1) is 16.0 Å². The van der Waals surface area contributed by atoms with Gasteiger partial charge in [0.2, 0.25) is 0 Å². The number of fused-ring (bicyclic) bond motifs is 1. The Morgan fingerprint density at radius 1 is 0.906 bits per heavy atom. The molecule has 0 spiro atoms. The van der Waals surface area contributed by atoms with Crippen LogP contribution >= 0.6 is 11.3 Å². The number of hydrogen-bond acceptors (Lipinski definition) is 4. The van der Waals surface area contributed by atoms with Crippen LogP contribution in [0.2, 0.25) is 0 Å². The molecule has 0 aliphatic carbocycles. The Kier molecular flexibility index (Phi) is 6.32. The maximum Gasteiger partial charge on any atom is 0.416 e. The summed E-state index contributed by atoms with van der Waals surface area (Å²) in [5.41, 5.74) is -1.69. The molecule has 3 rings (SSSR count). The molecule has 0 bridgehead atoms. The lowest BCUT2D eigenvalue weighted by molar-refractivity contribution is -0.143. The van der Waals surface area contributed by atoms with Crippen molar-refractivity contribution < 1.29 is 41.1 Å². The summed E-state index contributed by atoms with van der Waals surface area (Å²) in [6, 6.07) is 6.20. The van der Waals surface area contributed by atoms with E-state index in [0.717, 1.165) is 11.3 Å². The molecular weight excluding hydrogens is 464 g/mol. The Hall–Kier alpha value is -3.32. The van der Waals surface area contributed by atoms with Crippen molar-refractivity contribution in [2.24, 2.45) is 0 Å². The van der Waals surface area contributed by atoms with Gasteiger partial charge in [-0.1, -0.05) is 12.1 Å². The quantitative estimate of drug-likeness (QED) is 0.231. The summed E-state index contributed by atoms with van der Waals surface area (Å²) in [7, 11) is 0. The SMILES string of the molecule is O=C(NCc1ccc2cc(C(=O)NO)sc2c1)Nc1cc(C(F)(F)F)cc(C(F)(F)F)c1. The maximum absolute atomic E-state index is 12.9. The first-order chi connectivity index (χ1) is 14.9. The monoisotopic (exact) mass is 477 g/mol. The van der Waals surface area contributed by atoms with Crippen LogP contribution in [0.5, 0.6) is 0 Å². The lowest BCUT2D eigenvalue weighted by atomic mass is 10.1. The van der Waals surface area contributed by atoms with E-state index in [9.17, 15) is 35.9 Å². The molecule has 1 aromatic heterocycles. The molecule has 3 aromatic rings. The second kappa shape index (κ2) is 8.67. The average Bonchev–Trinajstić information content (AvgIpc) is 3.13. The van der Waals surface area contributed by atoms with Crippen molar-refractivity contribution >= 4 is 39.0 Å². The number of carbonyl (C=O) groups excluding carboxylic acids is 2. The van der Waals surface area contributed by atoms with E-state index in [-0.39, 0.29) is 17.5 Å². The molecule has 0 unspecified atom stereocenters. The summed E-state index contributed by atoms with van der Waals surface area (Å²) in [4.78, 5) is 23.8. The van der Waals surface area contributed by atoms with Crippen LogP contribution in [0.1, 0.15) is 26.4 Å². The predicted molar refractivity (Wildman–Crippen MR) is 103 cm³/mol. The lowest BCUT2D eigenvalue weighted by Crippen LogP contribution is -2.28. The van der Waals surface area contributed by atoms with Crippen molar-refractivity contribution in [2.45, 2.75) is 18.9 Å². The minimum absolute atomic E-state index is 0.0371. The van der Waals surface area contributed by atoms with Crippen molar-refractivity contribution in [1.82, 2.24) is 10.8 Å². The smallest absolute Gasteiger partial charge is 0.334 e. The van der Waals surface area contributed by atoms with E-state index >= 15 is 0 Å². The number of alkyl halides is 6. The number of hydroxylamine groups is 1. The number of anilines is 1. The molecule has 6 nitrogen and oxygen atoms in total. The Morgan fingerprint density at radius 3 is 2.09 bits per heavy atom. The van der Waals surface area contributed by atoms with E-state index in [4.69, 9.17) is 5.21 Å². The first kappa shape index (κ1) is 23.3. The van der Waals surface area contributed by atoms with Gasteiger partial charge in [-0.3, -0.25) is 10.0 Å². The van der Waals surface area contributed by atoms with Gasteiger partial charge in [0.15, 0.2) is 0 Å². The summed E-state index contributed by atoms with van der Waals surface area (Å²) in [5, 5.41) is 13.7. The highest BCUT2D eigenvalue weighted by atomic mass is 32.1. The molecule has 4 N–H and O–H groups in total. The third-order valence-electron chi connectivity index (χ3n) is 4.21. The largest absolute Gasteiger partial charge is 0.416 e. The van der Waals surface area contributed by atoms with E-state index in [1.165, 1.54) is 5.48 Å². The third kappa shape index (κ3) is 5.48. The van der Waals surface area contributed by atoms with E-state index < -0.39 is 41.1 Å². The average molecular weight is 477 g/mol. The summed E-state index contributed by atoms with van der Waals surface area (Å²) in [6.45, 7) is -0.0910. The molecule has 2 aromatic carbocycles. The van der Waals surface area contributed by atoms with Crippen LogP contribution in [0.4, 0.5) is 36.8 Å². The Balaban J connectivity index is 1.72. The molecule has 0 aliphatic rings. The molecule has 3 amide bonds. The second-order valence-electron chi connectivity index (χ2n) is 6.53. The maximum atomic E-state index is 12.9. The van der Waals surface area contributed by atoms with Gasteiger partial charge in [-0.15, -0.1) is 11.3 Å². The highest BCUT2D eigenvalue weighted by Crippen LogP contribution is 2.37. The zero-order valence-corrected chi connectivity index (χ0v) is 16.5. The molecule has 170 valence electrons. The van der Waals surface area contributed by atoms with Crippen LogP contribution < -0.4 is 16.1 Å². The van der Waals surface area contributed by atoms with Crippen molar-refractivity contribution in [3.05, 3.63) is 64.0 Å². The first-order valence-electron chi connectivity index (χ1n) is 8.68. The number of nitrogens with one attached hydrogen (secondary N) is 3. The summed E-state index contributed by atoms with van der Waals surface area (Å²) >= 11 is 1.08. The zero-order chi connectivity index (χ0) is 23.7. The Bertz CT molecular complexity index is 1140. The predicted octanol–water partition coefficient (Wildman–Crippen LogP) is 5.38. The lowest BCUT2D eigenvalue weighted by Gasteiger charge is -2.15. The van der Waals surface area contributed by atoms with Crippen LogP contribution in [-0.4, -0.2) is 17.1 Å². The van der Waals surface area contributed by atoms with Crippen molar-refractivity contribution in [1.29, 1.82) is 0 Å². The molecule has 0 atom stereocenters. The van der Waals surface area contributed by atoms with Gasteiger partial charge in [-0.2, -0.15) is 26.3 Å². The van der Waals surface area contributed by atoms with Gasteiger partial charge in [-0.05, 0) is 41.3 Å². The van der Waals surface area contributed by atoms with Crippen LogP contribution in [0, 0.1) is 0 Å². The Labute approximate surface area is 179 Å². The number of thiophene rings is 1. The fourth-order valence-electron chi connectivity index (χ4n) is 2.74. The van der Waals surface area contributed by atoms with Gasteiger partial charge in [-0.25, -0.2) is 10.3 Å². The topological polar surface area (TPSA) is 90.5 Å². The van der Waals surface area contributed by atoms with Crippen LogP contribution in [0.15, 0.2) is 42.5 Å². The number of amides is 3. The number of benzene rings is 2. The number of hydrogen-bond donors (Lipinski definition) is 4. The molecule has 32 heavy (non-hydrogen) atoms. The first-order valence-corrected chi connectivity index (χ1v) is 9.50. The number of halogens is 6. The third-order valence-corrected chi connectivity index (χ3v) is 5.31.